The molecule has 0 saturated heterocycles. The molecule has 3 aromatic rings. The molecule has 1 N–H and O–H groups in total. The third-order valence-electron chi connectivity index (χ3n) is 4.07. The van der Waals surface area contributed by atoms with Gasteiger partial charge in [0.15, 0.2) is 5.58 Å². The number of benzene rings is 2. The molecule has 0 aliphatic rings. The first kappa shape index (κ1) is 17.5. The SMILES string of the molecule is CC(C)C(=O)Nc1ccc(Cl)c(-c2nc3cc(C(C)C)ccc3o2)c1. The molecule has 130 valence electrons. The van der Waals surface area contributed by atoms with Crippen LogP contribution in [0.5, 0.6) is 0 Å². The van der Waals surface area contributed by atoms with Crippen molar-refractivity contribution in [3.8, 4) is 11.5 Å². The quantitative estimate of drug-likeness (QED) is 0.636. The van der Waals surface area contributed by atoms with Gasteiger partial charge in [0.05, 0.1) is 10.6 Å². The lowest BCUT2D eigenvalue weighted by molar-refractivity contribution is -0.118. The number of hydrogen-bond donors (Lipinski definition) is 1. The molecule has 0 fully saturated rings. The summed E-state index contributed by atoms with van der Waals surface area (Å²) in [6.07, 6.45) is 0. The van der Waals surface area contributed by atoms with E-state index in [0.29, 0.717) is 33.7 Å². The molecule has 0 unspecified atom stereocenters. The van der Waals surface area contributed by atoms with Crippen LogP contribution in [0.2, 0.25) is 5.02 Å². The maximum Gasteiger partial charge on any atom is 0.228 e. The molecule has 0 atom stereocenters. The highest BCUT2D eigenvalue weighted by molar-refractivity contribution is 6.33. The largest absolute Gasteiger partial charge is 0.436 e. The number of carbonyl (C=O) groups is 1. The average Bonchev–Trinajstić information content (AvgIpc) is 2.99. The molecule has 0 aliphatic heterocycles. The number of aromatic nitrogens is 1. The molecule has 0 radical (unpaired) electrons. The third kappa shape index (κ3) is 3.69. The molecular weight excluding hydrogens is 336 g/mol. The monoisotopic (exact) mass is 356 g/mol. The van der Waals surface area contributed by atoms with Crippen molar-refractivity contribution in [3.05, 3.63) is 47.0 Å². The molecule has 1 aromatic heterocycles. The molecule has 2 aromatic carbocycles. The van der Waals surface area contributed by atoms with Gasteiger partial charge in [-0.05, 0) is 41.8 Å². The van der Waals surface area contributed by atoms with Crippen molar-refractivity contribution in [3.63, 3.8) is 0 Å². The fourth-order valence-electron chi connectivity index (χ4n) is 2.47. The molecule has 25 heavy (non-hydrogen) atoms. The van der Waals surface area contributed by atoms with Crippen molar-refractivity contribution in [2.24, 2.45) is 5.92 Å². The zero-order valence-electron chi connectivity index (χ0n) is 14.8. The highest BCUT2D eigenvalue weighted by Gasteiger charge is 2.15. The fraction of sp³-hybridized carbons (Fsp3) is 0.300. The number of anilines is 1. The highest BCUT2D eigenvalue weighted by Crippen LogP contribution is 2.33. The maximum absolute atomic E-state index is 11.9. The van der Waals surface area contributed by atoms with Gasteiger partial charge in [-0.3, -0.25) is 4.79 Å². The van der Waals surface area contributed by atoms with Crippen molar-refractivity contribution in [2.75, 3.05) is 5.32 Å². The zero-order valence-corrected chi connectivity index (χ0v) is 15.5. The van der Waals surface area contributed by atoms with E-state index < -0.39 is 0 Å². The van der Waals surface area contributed by atoms with E-state index in [-0.39, 0.29) is 11.8 Å². The summed E-state index contributed by atoms with van der Waals surface area (Å²) in [5, 5.41) is 3.40. The average molecular weight is 357 g/mol. The Labute approximate surface area is 152 Å². The van der Waals surface area contributed by atoms with E-state index in [1.54, 1.807) is 18.2 Å². The Bertz CT molecular complexity index is 929. The highest BCUT2D eigenvalue weighted by atomic mass is 35.5. The van der Waals surface area contributed by atoms with Crippen LogP contribution in [0.4, 0.5) is 5.69 Å². The first-order chi connectivity index (χ1) is 11.8. The lowest BCUT2D eigenvalue weighted by Gasteiger charge is -2.09. The van der Waals surface area contributed by atoms with Crippen molar-refractivity contribution >= 4 is 34.3 Å². The molecule has 5 heteroatoms. The van der Waals surface area contributed by atoms with E-state index in [4.69, 9.17) is 16.0 Å². The van der Waals surface area contributed by atoms with Gasteiger partial charge in [0.2, 0.25) is 11.8 Å². The summed E-state index contributed by atoms with van der Waals surface area (Å²) in [7, 11) is 0. The van der Waals surface area contributed by atoms with Gasteiger partial charge in [-0.1, -0.05) is 45.4 Å². The number of nitrogens with zero attached hydrogens (tertiary/aromatic N) is 1. The first-order valence-corrected chi connectivity index (χ1v) is 8.74. The van der Waals surface area contributed by atoms with Crippen molar-refractivity contribution in [1.82, 2.24) is 4.98 Å². The summed E-state index contributed by atoms with van der Waals surface area (Å²) in [6, 6.07) is 11.3. The van der Waals surface area contributed by atoms with Gasteiger partial charge in [0.25, 0.3) is 0 Å². The van der Waals surface area contributed by atoms with Gasteiger partial charge in [-0.15, -0.1) is 0 Å². The molecular formula is C20H21ClN2O2. The van der Waals surface area contributed by atoms with E-state index >= 15 is 0 Å². The normalized spacial score (nSPS) is 11.5. The number of nitrogens with one attached hydrogen (secondary N) is 1. The van der Waals surface area contributed by atoms with Crippen LogP contribution in [0.1, 0.15) is 39.2 Å². The lowest BCUT2D eigenvalue weighted by Crippen LogP contribution is -2.17. The lowest BCUT2D eigenvalue weighted by atomic mass is 10.0. The fourth-order valence-corrected chi connectivity index (χ4v) is 2.67. The van der Waals surface area contributed by atoms with Crippen LogP contribution >= 0.6 is 11.6 Å². The van der Waals surface area contributed by atoms with Crippen molar-refractivity contribution < 1.29 is 9.21 Å². The summed E-state index contributed by atoms with van der Waals surface area (Å²) >= 11 is 6.33. The second-order valence-corrected chi connectivity index (χ2v) is 7.15. The van der Waals surface area contributed by atoms with Crippen LogP contribution in [-0.4, -0.2) is 10.9 Å². The van der Waals surface area contributed by atoms with Crippen LogP contribution < -0.4 is 5.32 Å². The maximum atomic E-state index is 11.9. The molecule has 0 saturated carbocycles. The van der Waals surface area contributed by atoms with Crippen molar-refractivity contribution in [2.45, 2.75) is 33.6 Å². The zero-order chi connectivity index (χ0) is 18.1. The van der Waals surface area contributed by atoms with Crippen LogP contribution in [0.15, 0.2) is 40.8 Å². The van der Waals surface area contributed by atoms with Gasteiger partial charge in [0.1, 0.15) is 5.52 Å². The van der Waals surface area contributed by atoms with Gasteiger partial charge in [-0.25, -0.2) is 4.98 Å². The Hall–Kier alpha value is -2.33. The molecule has 1 amide bonds. The van der Waals surface area contributed by atoms with Crippen molar-refractivity contribution in [1.29, 1.82) is 0 Å². The van der Waals surface area contributed by atoms with Gasteiger partial charge >= 0.3 is 0 Å². The van der Waals surface area contributed by atoms with Gasteiger partial charge in [0, 0.05) is 11.6 Å². The van der Waals surface area contributed by atoms with Crippen LogP contribution in [0, 0.1) is 5.92 Å². The minimum atomic E-state index is -0.0992. The molecule has 4 nitrogen and oxygen atoms in total. The molecule has 3 rings (SSSR count). The topological polar surface area (TPSA) is 55.1 Å². The van der Waals surface area contributed by atoms with Gasteiger partial charge in [-0.2, -0.15) is 0 Å². The smallest absolute Gasteiger partial charge is 0.228 e. The number of rotatable bonds is 4. The predicted octanol–water partition coefficient (Wildman–Crippen LogP) is 5.87. The Balaban J connectivity index is 2.00. The minimum Gasteiger partial charge on any atom is -0.436 e. The minimum absolute atomic E-state index is 0.0487. The molecule has 0 spiro atoms. The van der Waals surface area contributed by atoms with E-state index in [1.165, 1.54) is 5.56 Å². The molecule has 1 heterocycles. The first-order valence-electron chi connectivity index (χ1n) is 8.36. The number of oxazole rings is 1. The molecule has 0 bridgehead atoms. The summed E-state index contributed by atoms with van der Waals surface area (Å²) in [5.41, 5.74) is 4.05. The number of halogens is 1. The van der Waals surface area contributed by atoms with Gasteiger partial charge < -0.3 is 9.73 Å². The number of fused-ring (bicyclic) bond motifs is 1. The predicted molar refractivity (Wildman–Crippen MR) is 102 cm³/mol. The van der Waals surface area contributed by atoms with E-state index in [1.807, 2.05) is 32.0 Å². The Morgan fingerprint density at radius 2 is 1.88 bits per heavy atom. The standard InChI is InChI=1S/C20H21ClN2O2/c1-11(2)13-5-8-18-17(9-13)23-20(25-18)15-10-14(6-7-16(15)21)22-19(24)12(3)4/h5-12H,1-4H3,(H,22,24). The Kier molecular flexibility index (Phi) is 4.82. The number of hydrogen-bond acceptors (Lipinski definition) is 3. The third-order valence-corrected chi connectivity index (χ3v) is 4.40. The van der Waals surface area contributed by atoms with Crippen LogP contribution in [-0.2, 0) is 4.79 Å². The Morgan fingerprint density at radius 3 is 2.56 bits per heavy atom. The second-order valence-electron chi connectivity index (χ2n) is 6.74. The van der Waals surface area contributed by atoms with E-state index in [2.05, 4.69) is 24.1 Å². The van der Waals surface area contributed by atoms with Crippen LogP contribution in [0.3, 0.4) is 0 Å². The second kappa shape index (κ2) is 6.89. The van der Waals surface area contributed by atoms with Crippen LogP contribution in [0.25, 0.3) is 22.6 Å². The van der Waals surface area contributed by atoms with E-state index in [9.17, 15) is 4.79 Å². The number of amides is 1. The summed E-state index contributed by atoms with van der Waals surface area (Å²) in [4.78, 5) is 16.5. The van der Waals surface area contributed by atoms with E-state index in [0.717, 1.165) is 5.52 Å². The number of carbonyl (C=O) groups excluding carboxylic acids is 1. The molecule has 0 aliphatic carbocycles. The summed E-state index contributed by atoms with van der Waals surface area (Å²) < 4.78 is 5.87. The Morgan fingerprint density at radius 1 is 1.12 bits per heavy atom. The summed E-state index contributed by atoms with van der Waals surface area (Å²) in [6.45, 7) is 7.97. The summed E-state index contributed by atoms with van der Waals surface area (Å²) in [5.74, 6) is 0.717.